The van der Waals surface area contributed by atoms with Gasteiger partial charge in [0.25, 0.3) is 5.82 Å². The second kappa shape index (κ2) is 7.47. The van der Waals surface area contributed by atoms with Gasteiger partial charge in [-0.1, -0.05) is 6.92 Å². The number of halogens is 3. The van der Waals surface area contributed by atoms with E-state index in [1.165, 1.54) is 13.3 Å². The third-order valence-corrected chi connectivity index (χ3v) is 3.14. The number of methoxy groups -OCH3 is 1. The summed E-state index contributed by atoms with van der Waals surface area (Å²) in [5.74, 6) is -0.216. The van der Waals surface area contributed by atoms with Crippen LogP contribution in [0.2, 0.25) is 0 Å². The SMILES string of the molecule is CCCOc1cc(/C=N\n2c(C(F)(F)F)n[nH]c2=S)ccc1OC. The normalized spacial score (nSPS) is 11.9. The van der Waals surface area contributed by atoms with Gasteiger partial charge in [-0.15, -0.1) is 5.10 Å². The molecule has 1 aromatic carbocycles. The Labute approximate surface area is 140 Å². The Bertz CT molecular complexity index is 783. The number of benzene rings is 1. The predicted molar refractivity (Wildman–Crippen MR) is 84.2 cm³/mol. The van der Waals surface area contributed by atoms with E-state index in [-0.39, 0.29) is 4.77 Å². The van der Waals surface area contributed by atoms with E-state index in [1.54, 1.807) is 18.2 Å². The number of nitrogens with zero attached hydrogens (tertiary/aromatic N) is 3. The zero-order valence-corrected chi connectivity index (χ0v) is 13.7. The maximum absolute atomic E-state index is 12.8. The first-order valence-electron chi connectivity index (χ1n) is 6.96. The lowest BCUT2D eigenvalue weighted by Crippen LogP contribution is -2.12. The molecule has 0 saturated heterocycles. The van der Waals surface area contributed by atoms with Crippen LogP contribution in [0.25, 0.3) is 0 Å². The molecule has 2 aromatic rings. The van der Waals surface area contributed by atoms with Gasteiger partial charge in [0, 0.05) is 0 Å². The lowest BCUT2D eigenvalue weighted by atomic mass is 10.2. The van der Waals surface area contributed by atoms with Crippen LogP contribution in [-0.4, -0.2) is 34.8 Å². The Morgan fingerprint density at radius 3 is 2.75 bits per heavy atom. The fraction of sp³-hybridized carbons (Fsp3) is 0.357. The Morgan fingerprint density at radius 2 is 2.12 bits per heavy atom. The standard InChI is InChI=1S/C14H15F3N4O2S/c1-3-6-23-11-7-9(4-5-10(11)22-2)8-18-21-12(14(15,16)17)19-20-13(21)24/h4-5,7-8H,3,6H2,1-2H3,(H,20,24)/b18-8-. The van der Waals surface area contributed by atoms with E-state index in [1.807, 2.05) is 6.92 Å². The van der Waals surface area contributed by atoms with E-state index < -0.39 is 12.0 Å². The van der Waals surface area contributed by atoms with Crippen molar-refractivity contribution >= 4 is 18.4 Å². The molecule has 0 spiro atoms. The van der Waals surface area contributed by atoms with E-state index in [2.05, 4.69) is 15.3 Å². The maximum Gasteiger partial charge on any atom is 0.453 e. The second-order valence-corrected chi connectivity index (χ2v) is 5.05. The molecule has 1 N–H and O–H groups in total. The van der Waals surface area contributed by atoms with Crippen molar-refractivity contribution < 1.29 is 22.6 Å². The number of aromatic amines is 1. The molecule has 0 bridgehead atoms. The summed E-state index contributed by atoms with van der Waals surface area (Å²) in [5.41, 5.74) is 0.526. The van der Waals surface area contributed by atoms with Crippen LogP contribution in [0.1, 0.15) is 24.7 Å². The summed E-state index contributed by atoms with van der Waals surface area (Å²) in [6.07, 6.45) is -2.63. The lowest BCUT2D eigenvalue weighted by molar-refractivity contribution is -0.147. The number of hydrogen-bond donors (Lipinski definition) is 1. The van der Waals surface area contributed by atoms with Gasteiger partial charge in [0.1, 0.15) is 0 Å². The Kier molecular flexibility index (Phi) is 5.60. The van der Waals surface area contributed by atoms with E-state index in [9.17, 15) is 13.2 Å². The van der Waals surface area contributed by atoms with Gasteiger partial charge in [-0.25, -0.2) is 5.10 Å². The summed E-state index contributed by atoms with van der Waals surface area (Å²) in [5, 5.41) is 8.98. The molecule has 1 heterocycles. The molecule has 0 amide bonds. The summed E-state index contributed by atoms with van der Waals surface area (Å²) in [4.78, 5) is 0. The molecule has 10 heteroatoms. The zero-order chi connectivity index (χ0) is 17.7. The minimum Gasteiger partial charge on any atom is -0.493 e. The summed E-state index contributed by atoms with van der Waals surface area (Å²) in [6.45, 7) is 2.44. The molecule has 0 unspecified atom stereocenters. The zero-order valence-electron chi connectivity index (χ0n) is 12.9. The van der Waals surface area contributed by atoms with Crippen LogP contribution in [-0.2, 0) is 6.18 Å². The average molecular weight is 360 g/mol. The molecule has 0 saturated carbocycles. The molecule has 24 heavy (non-hydrogen) atoms. The maximum atomic E-state index is 12.8. The minimum atomic E-state index is -4.67. The van der Waals surface area contributed by atoms with E-state index in [0.29, 0.717) is 28.3 Å². The van der Waals surface area contributed by atoms with E-state index >= 15 is 0 Å². The Morgan fingerprint density at radius 1 is 1.38 bits per heavy atom. The molecule has 0 aliphatic carbocycles. The molecule has 1 aromatic heterocycles. The van der Waals surface area contributed by atoms with Gasteiger partial charge in [0.2, 0.25) is 4.77 Å². The van der Waals surface area contributed by atoms with Crippen LogP contribution in [0, 0.1) is 4.77 Å². The first-order valence-corrected chi connectivity index (χ1v) is 7.37. The molecule has 130 valence electrons. The summed E-state index contributed by atoms with van der Waals surface area (Å²) in [6, 6.07) is 4.90. The highest BCUT2D eigenvalue weighted by Crippen LogP contribution is 2.29. The summed E-state index contributed by atoms with van der Waals surface area (Å²) in [7, 11) is 1.50. The van der Waals surface area contributed by atoms with Crippen molar-refractivity contribution in [3.8, 4) is 11.5 Å². The Hall–Kier alpha value is -2.36. The van der Waals surface area contributed by atoms with Crippen LogP contribution in [0.4, 0.5) is 13.2 Å². The first kappa shape index (κ1) is 18.0. The van der Waals surface area contributed by atoms with E-state index in [0.717, 1.165) is 6.42 Å². The van der Waals surface area contributed by atoms with Gasteiger partial charge in [-0.05, 0) is 42.4 Å². The molecule has 0 radical (unpaired) electrons. The van der Waals surface area contributed by atoms with Crippen LogP contribution in [0.3, 0.4) is 0 Å². The van der Waals surface area contributed by atoms with Crippen molar-refractivity contribution in [1.82, 2.24) is 14.9 Å². The van der Waals surface area contributed by atoms with Crippen molar-refractivity contribution in [3.05, 3.63) is 34.4 Å². The second-order valence-electron chi connectivity index (χ2n) is 4.67. The highest BCUT2D eigenvalue weighted by atomic mass is 32.1. The Balaban J connectivity index is 2.33. The summed E-state index contributed by atoms with van der Waals surface area (Å²) >= 11 is 4.77. The number of ether oxygens (including phenoxy) is 2. The lowest BCUT2D eigenvalue weighted by Gasteiger charge is -2.10. The third kappa shape index (κ3) is 4.13. The molecule has 0 atom stereocenters. The number of H-pyrrole nitrogens is 1. The van der Waals surface area contributed by atoms with Crippen LogP contribution >= 0.6 is 12.2 Å². The van der Waals surface area contributed by atoms with Gasteiger partial charge in [-0.3, -0.25) is 0 Å². The highest BCUT2D eigenvalue weighted by Gasteiger charge is 2.37. The number of hydrogen-bond acceptors (Lipinski definition) is 5. The fourth-order valence-corrected chi connectivity index (χ4v) is 1.98. The molecular weight excluding hydrogens is 345 g/mol. The highest BCUT2D eigenvalue weighted by molar-refractivity contribution is 7.71. The van der Waals surface area contributed by atoms with Crippen molar-refractivity contribution in [2.75, 3.05) is 13.7 Å². The van der Waals surface area contributed by atoms with Crippen LogP contribution in [0.5, 0.6) is 11.5 Å². The smallest absolute Gasteiger partial charge is 0.453 e. The van der Waals surface area contributed by atoms with Crippen molar-refractivity contribution in [3.63, 3.8) is 0 Å². The van der Waals surface area contributed by atoms with Gasteiger partial charge in [-0.2, -0.15) is 22.9 Å². The molecule has 0 aliphatic heterocycles. The molecule has 0 fully saturated rings. The van der Waals surface area contributed by atoms with Gasteiger partial charge in [0.05, 0.1) is 19.9 Å². The van der Waals surface area contributed by atoms with Crippen molar-refractivity contribution in [2.45, 2.75) is 19.5 Å². The molecule has 0 aliphatic rings. The monoisotopic (exact) mass is 360 g/mol. The topological polar surface area (TPSA) is 64.4 Å². The number of aromatic nitrogens is 3. The molecule has 6 nitrogen and oxygen atoms in total. The predicted octanol–water partition coefficient (Wildman–Crippen LogP) is 3.64. The third-order valence-electron chi connectivity index (χ3n) is 2.88. The summed E-state index contributed by atoms with van der Waals surface area (Å²) < 4.78 is 49.5. The van der Waals surface area contributed by atoms with Gasteiger partial charge < -0.3 is 9.47 Å². The number of alkyl halides is 3. The van der Waals surface area contributed by atoms with Crippen LogP contribution < -0.4 is 9.47 Å². The fourth-order valence-electron chi connectivity index (χ4n) is 1.81. The average Bonchev–Trinajstić information content (AvgIpc) is 2.92. The van der Waals surface area contributed by atoms with E-state index in [4.69, 9.17) is 21.7 Å². The minimum absolute atomic E-state index is 0.255. The van der Waals surface area contributed by atoms with Crippen molar-refractivity contribution in [2.24, 2.45) is 5.10 Å². The first-order chi connectivity index (χ1) is 11.4. The number of nitrogens with one attached hydrogen (secondary N) is 1. The van der Waals surface area contributed by atoms with Gasteiger partial charge in [0.15, 0.2) is 11.5 Å². The quantitative estimate of drug-likeness (QED) is 0.631. The molecule has 2 rings (SSSR count). The largest absolute Gasteiger partial charge is 0.493 e. The van der Waals surface area contributed by atoms with Crippen molar-refractivity contribution in [1.29, 1.82) is 0 Å². The number of rotatable bonds is 6. The molecular formula is C14H15F3N4O2S. The van der Waals surface area contributed by atoms with Crippen LogP contribution in [0.15, 0.2) is 23.3 Å². The van der Waals surface area contributed by atoms with Gasteiger partial charge >= 0.3 is 6.18 Å².